The lowest BCUT2D eigenvalue weighted by molar-refractivity contribution is 0.352. The number of thiol groups is 1. The third kappa shape index (κ3) is 2.80. The molecule has 1 aromatic rings. The molecule has 0 aromatic heterocycles. The Labute approximate surface area is 104 Å². The van der Waals surface area contributed by atoms with Crippen molar-refractivity contribution in [1.82, 2.24) is 0 Å². The second-order valence-corrected chi connectivity index (χ2v) is 5.34. The van der Waals surface area contributed by atoms with Crippen LogP contribution >= 0.6 is 12.6 Å². The van der Waals surface area contributed by atoms with Crippen molar-refractivity contribution in [1.29, 1.82) is 0 Å². The molecular weight excluding hydrogens is 214 g/mol. The molecule has 0 radical (unpaired) electrons. The standard InChI is InChI=1S/C14H21NS/c15-10-11-6-8-13(9-7-11)14(16)12-4-2-1-3-5-12/h6-9,12,14,16H,1-5,10,15H2. The lowest BCUT2D eigenvalue weighted by Gasteiger charge is -2.27. The van der Waals surface area contributed by atoms with E-state index in [1.807, 2.05) is 0 Å². The first kappa shape index (κ1) is 12.0. The number of rotatable bonds is 3. The minimum atomic E-state index is 0.409. The van der Waals surface area contributed by atoms with E-state index in [9.17, 15) is 0 Å². The molecule has 1 saturated carbocycles. The first-order chi connectivity index (χ1) is 7.81. The molecule has 1 atom stereocenters. The van der Waals surface area contributed by atoms with E-state index in [0.717, 1.165) is 5.92 Å². The summed E-state index contributed by atoms with van der Waals surface area (Å²) in [6, 6.07) is 8.63. The van der Waals surface area contributed by atoms with Crippen LogP contribution in [0.25, 0.3) is 0 Å². The summed E-state index contributed by atoms with van der Waals surface area (Å²) in [5, 5.41) is 0.409. The zero-order valence-corrected chi connectivity index (χ0v) is 10.6. The van der Waals surface area contributed by atoms with Gasteiger partial charge in [-0.05, 0) is 29.9 Å². The highest BCUT2D eigenvalue weighted by Gasteiger charge is 2.21. The highest BCUT2D eigenvalue weighted by atomic mass is 32.1. The first-order valence-corrected chi connectivity index (χ1v) is 6.80. The molecule has 2 heteroatoms. The third-order valence-corrected chi connectivity index (χ3v) is 4.37. The lowest BCUT2D eigenvalue weighted by Crippen LogP contribution is -2.12. The number of nitrogens with two attached hydrogens (primary N) is 1. The molecule has 0 spiro atoms. The van der Waals surface area contributed by atoms with Crippen molar-refractivity contribution in [2.45, 2.75) is 43.9 Å². The molecule has 1 aliphatic rings. The van der Waals surface area contributed by atoms with Crippen LogP contribution in [0.15, 0.2) is 24.3 Å². The van der Waals surface area contributed by atoms with Crippen LogP contribution in [0.1, 0.15) is 48.5 Å². The van der Waals surface area contributed by atoms with Gasteiger partial charge in [-0.2, -0.15) is 12.6 Å². The monoisotopic (exact) mass is 235 g/mol. The Morgan fingerprint density at radius 3 is 2.31 bits per heavy atom. The molecule has 0 aliphatic heterocycles. The van der Waals surface area contributed by atoms with Gasteiger partial charge in [0.2, 0.25) is 0 Å². The number of benzene rings is 1. The predicted molar refractivity (Wildman–Crippen MR) is 72.6 cm³/mol. The maximum atomic E-state index is 5.60. The minimum absolute atomic E-state index is 0.409. The maximum Gasteiger partial charge on any atom is 0.0295 e. The molecule has 1 aliphatic carbocycles. The normalized spacial score (nSPS) is 19.6. The highest BCUT2D eigenvalue weighted by molar-refractivity contribution is 7.80. The first-order valence-electron chi connectivity index (χ1n) is 6.28. The molecule has 0 bridgehead atoms. The molecule has 0 saturated heterocycles. The molecule has 2 rings (SSSR count). The van der Waals surface area contributed by atoms with Crippen molar-refractivity contribution in [3.63, 3.8) is 0 Å². The second kappa shape index (κ2) is 5.74. The average Bonchev–Trinajstić information content (AvgIpc) is 2.39. The topological polar surface area (TPSA) is 26.0 Å². The van der Waals surface area contributed by atoms with Crippen LogP contribution in [0.2, 0.25) is 0 Å². The molecule has 88 valence electrons. The fraction of sp³-hybridized carbons (Fsp3) is 0.571. The molecule has 2 N–H and O–H groups in total. The van der Waals surface area contributed by atoms with Gasteiger partial charge in [-0.3, -0.25) is 0 Å². The summed E-state index contributed by atoms with van der Waals surface area (Å²) in [5.41, 5.74) is 8.16. The van der Waals surface area contributed by atoms with Crippen LogP contribution in [-0.2, 0) is 6.54 Å². The summed E-state index contributed by atoms with van der Waals surface area (Å²) >= 11 is 4.79. The van der Waals surface area contributed by atoms with Gasteiger partial charge in [0.15, 0.2) is 0 Å². The highest BCUT2D eigenvalue weighted by Crippen LogP contribution is 2.38. The Bertz CT molecular complexity index is 314. The van der Waals surface area contributed by atoms with Crippen molar-refractivity contribution in [2.24, 2.45) is 11.7 Å². The van der Waals surface area contributed by atoms with Gasteiger partial charge in [-0.25, -0.2) is 0 Å². The largest absolute Gasteiger partial charge is 0.326 e. The van der Waals surface area contributed by atoms with Crippen LogP contribution in [-0.4, -0.2) is 0 Å². The van der Waals surface area contributed by atoms with Crippen LogP contribution in [0.3, 0.4) is 0 Å². The van der Waals surface area contributed by atoms with Gasteiger partial charge < -0.3 is 5.73 Å². The van der Waals surface area contributed by atoms with E-state index in [1.54, 1.807) is 0 Å². The molecule has 16 heavy (non-hydrogen) atoms. The smallest absolute Gasteiger partial charge is 0.0295 e. The van der Waals surface area contributed by atoms with E-state index in [2.05, 4.69) is 24.3 Å². The van der Waals surface area contributed by atoms with E-state index in [4.69, 9.17) is 18.4 Å². The lowest BCUT2D eigenvalue weighted by atomic mass is 9.84. The van der Waals surface area contributed by atoms with Gasteiger partial charge in [0.05, 0.1) is 0 Å². The van der Waals surface area contributed by atoms with Gasteiger partial charge in [0, 0.05) is 11.8 Å². The van der Waals surface area contributed by atoms with Gasteiger partial charge >= 0.3 is 0 Å². The van der Waals surface area contributed by atoms with Crippen molar-refractivity contribution in [2.75, 3.05) is 0 Å². The Morgan fingerprint density at radius 2 is 1.75 bits per heavy atom. The SMILES string of the molecule is NCc1ccc(C(S)C2CCCCC2)cc1. The molecule has 1 nitrogen and oxygen atoms in total. The summed E-state index contributed by atoms with van der Waals surface area (Å²) in [7, 11) is 0. The zero-order chi connectivity index (χ0) is 11.4. The molecule has 1 aromatic carbocycles. The fourth-order valence-corrected chi connectivity index (χ4v) is 3.04. The van der Waals surface area contributed by atoms with Crippen LogP contribution in [0, 0.1) is 5.92 Å². The van der Waals surface area contributed by atoms with Gasteiger partial charge in [-0.1, -0.05) is 43.5 Å². The van der Waals surface area contributed by atoms with Gasteiger partial charge in [0.25, 0.3) is 0 Å². The van der Waals surface area contributed by atoms with Gasteiger partial charge in [0.1, 0.15) is 0 Å². The van der Waals surface area contributed by atoms with E-state index in [1.165, 1.54) is 43.2 Å². The molecule has 0 amide bonds. The number of hydrogen-bond acceptors (Lipinski definition) is 2. The van der Waals surface area contributed by atoms with Crippen LogP contribution in [0.5, 0.6) is 0 Å². The Kier molecular flexibility index (Phi) is 4.30. The molecular formula is C14H21NS. The van der Waals surface area contributed by atoms with E-state index < -0.39 is 0 Å². The Hall–Kier alpha value is -0.470. The van der Waals surface area contributed by atoms with Crippen LogP contribution in [0.4, 0.5) is 0 Å². The van der Waals surface area contributed by atoms with Crippen LogP contribution < -0.4 is 5.73 Å². The summed E-state index contributed by atoms with van der Waals surface area (Å²) in [6.07, 6.45) is 6.84. The minimum Gasteiger partial charge on any atom is -0.326 e. The summed E-state index contributed by atoms with van der Waals surface area (Å²) in [4.78, 5) is 0. The fourth-order valence-electron chi connectivity index (χ4n) is 2.57. The van der Waals surface area contributed by atoms with Gasteiger partial charge in [-0.15, -0.1) is 0 Å². The molecule has 1 fully saturated rings. The maximum absolute atomic E-state index is 5.60. The van der Waals surface area contributed by atoms with E-state index in [-0.39, 0.29) is 0 Å². The van der Waals surface area contributed by atoms with Crippen molar-refractivity contribution in [3.8, 4) is 0 Å². The van der Waals surface area contributed by atoms with Crippen molar-refractivity contribution in [3.05, 3.63) is 35.4 Å². The zero-order valence-electron chi connectivity index (χ0n) is 9.73. The average molecular weight is 235 g/mol. The van der Waals surface area contributed by atoms with Crippen molar-refractivity contribution < 1.29 is 0 Å². The number of hydrogen-bond donors (Lipinski definition) is 2. The molecule has 0 heterocycles. The summed E-state index contributed by atoms with van der Waals surface area (Å²) < 4.78 is 0. The van der Waals surface area contributed by atoms with E-state index >= 15 is 0 Å². The Morgan fingerprint density at radius 1 is 1.12 bits per heavy atom. The summed E-state index contributed by atoms with van der Waals surface area (Å²) in [6.45, 7) is 0.626. The summed E-state index contributed by atoms with van der Waals surface area (Å²) in [5.74, 6) is 0.765. The second-order valence-electron chi connectivity index (χ2n) is 4.79. The van der Waals surface area contributed by atoms with Crippen molar-refractivity contribution >= 4 is 12.6 Å². The predicted octanol–water partition coefficient (Wildman–Crippen LogP) is 3.70. The quantitative estimate of drug-likeness (QED) is 0.768. The Balaban J connectivity index is 2.04. The molecule has 1 unspecified atom stereocenters. The van der Waals surface area contributed by atoms with E-state index in [0.29, 0.717) is 11.8 Å². The third-order valence-electron chi connectivity index (χ3n) is 3.65.